The van der Waals surface area contributed by atoms with Gasteiger partial charge in [-0.05, 0) is 36.8 Å². The number of hydrogen-bond acceptors (Lipinski definition) is 3. The van der Waals surface area contributed by atoms with Gasteiger partial charge in [-0.1, -0.05) is 88.4 Å². The first kappa shape index (κ1) is 24.7. The van der Waals surface area contributed by atoms with Gasteiger partial charge in [-0.25, -0.2) is 4.79 Å². The summed E-state index contributed by atoms with van der Waals surface area (Å²) in [6.45, 7) is 16.5. The molecule has 2 aromatic carbocycles. The highest BCUT2D eigenvalue weighted by Crippen LogP contribution is 2.46. The number of carbonyl (C=O) groups excluding carboxylic acids is 1. The van der Waals surface area contributed by atoms with Crippen LogP contribution in [0.3, 0.4) is 0 Å². The Morgan fingerprint density at radius 1 is 0.735 bits per heavy atom. The summed E-state index contributed by atoms with van der Waals surface area (Å²) < 4.78 is 0. The largest absolute Gasteiger partial charge is 0.321 e. The van der Waals surface area contributed by atoms with Gasteiger partial charge in [-0.15, -0.1) is 0 Å². The zero-order valence-corrected chi connectivity index (χ0v) is 21.7. The summed E-state index contributed by atoms with van der Waals surface area (Å²) in [5.74, 6) is 0.485. The predicted octanol–water partition coefficient (Wildman–Crippen LogP) is 4.80. The van der Waals surface area contributed by atoms with Crippen LogP contribution in [-0.2, 0) is 11.1 Å². The van der Waals surface area contributed by atoms with E-state index in [1.165, 1.54) is 11.1 Å². The van der Waals surface area contributed by atoms with Crippen LogP contribution in [0.4, 0.5) is 4.79 Å². The van der Waals surface area contributed by atoms with E-state index in [2.05, 4.69) is 123 Å². The summed E-state index contributed by atoms with van der Waals surface area (Å²) in [6, 6.07) is 21.7. The van der Waals surface area contributed by atoms with E-state index in [0.717, 1.165) is 13.1 Å². The van der Waals surface area contributed by atoms with Gasteiger partial charge in [-0.2, -0.15) is 0 Å². The summed E-state index contributed by atoms with van der Waals surface area (Å²) >= 11 is 0. The maximum Gasteiger partial charge on any atom is 0.321 e. The minimum Gasteiger partial charge on any atom is -0.312 e. The van der Waals surface area contributed by atoms with Crippen molar-refractivity contribution in [3.05, 3.63) is 71.8 Å². The molecule has 2 aromatic rings. The summed E-state index contributed by atoms with van der Waals surface area (Å²) in [4.78, 5) is 19.2. The van der Waals surface area contributed by atoms with Gasteiger partial charge in [0.15, 0.2) is 0 Å². The standard InChI is InChI=1S/C29H42N4O/c1-21(2)28(25-13-9-7-10-14-25)23(5)30-17-19-32(28)27(34)33-20-18-31-24(6)29(33,22(3)4)26-15-11-8-12-16-26/h7-16,21-24,30-31H,17-20H2,1-6H3. The molecule has 2 aliphatic heterocycles. The predicted molar refractivity (Wildman–Crippen MR) is 140 cm³/mol. The summed E-state index contributed by atoms with van der Waals surface area (Å²) in [5, 5.41) is 7.40. The highest BCUT2D eigenvalue weighted by atomic mass is 16.2. The van der Waals surface area contributed by atoms with Crippen molar-refractivity contribution in [3.63, 3.8) is 0 Å². The maximum atomic E-state index is 14.8. The second-order valence-electron chi connectivity index (χ2n) is 10.6. The number of piperazine rings is 2. The van der Waals surface area contributed by atoms with Crippen molar-refractivity contribution in [3.8, 4) is 0 Å². The van der Waals surface area contributed by atoms with Crippen molar-refractivity contribution < 1.29 is 4.79 Å². The van der Waals surface area contributed by atoms with Crippen molar-refractivity contribution in [2.75, 3.05) is 26.2 Å². The summed E-state index contributed by atoms with van der Waals surface area (Å²) in [7, 11) is 0. The van der Waals surface area contributed by atoms with Crippen LogP contribution in [0.15, 0.2) is 60.7 Å². The number of hydrogen-bond donors (Lipinski definition) is 2. The molecule has 184 valence electrons. The molecule has 0 saturated carbocycles. The molecule has 2 heterocycles. The lowest BCUT2D eigenvalue weighted by molar-refractivity contribution is -0.0408. The normalized spacial score (nSPS) is 30.1. The van der Waals surface area contributed by atoms with E-state index in [0.29, 0.717) is 13.1 Å². The van der Waals surface area contributed by atoms with Crippen LogP contribution in [0, 0.1) is 11.8 Å². The van der Waals surface area contributed by atoms with Crippen LogP contribution < -0.4 is 10.6 Å². The molecular formula is C29H42N4O. The lowest BCUT2D eigenvalue weighted by atomic mass is 9.70. The van der Waals surface area contributed by atoms with Gasteiger partial charge in [0.2, 0.25) is 0 Å². The Morgan fingerprint density at radius 2 is 1.09 bits per heavy atom. The molecule has 2 aliphatic rings. The van der Waals surface area contributed by atoms with Crippen LogP contribution in [0.2, 0.25) is 0 Å². The molecule has 0 spiro atoms. The fraction of sp³-hybridized carbons (Fsp3) is 0.552. The highest BCUT2D eigenvalue weighted by Gasteiger charge is 2.56. The minimum atomic E-state index is -0.426. The number of nitrogens with one attached hydrogen (secondary N) is 2. The second kappa shape index (κ2) is 9.71. The Labute approximate surface area is 205 Å². The molecule has 4 atom stereocenters. The van der Waals surface area contributed by atoms with E-state index in [4.69, 9.17) is 0 Å². The van der Waals surface area contributed by atoms with Gasteiger partial charge >= 0.3 is 6.03 Å². The number of amides is 2. The van der Waals surface area contributed by atoms with Crippen molar-refractivity contribution in [1.82, 2.24) is 20.4 Å². The number of carbonyl (C=O) groups is 1. The molecule has 2 amide bonds. The van der Waals surface area contributed by atoms with Gasteiger partial charge in [0, 0.05) is 38.3 Å². The molecule has 0 radical (unpaired) electrons. The maximum absolute atomic E-state index is 14.8. The van der Waals surface area contributed by atoms with Crippen LogP contribution in [0.1, 0.15) is 52.7 Å². The highest BCUT2D eigenvalue weighted by molar-refractivity contribution is 5.78. The smallest absolute Gasteiger partial charge is 0.312 e. The van der Waals surface area contributed by atoms with Crippen LogP contribution in [0.5, 0.6) is 0 Å². The fourth-order valence-electron chi connectivity index (χ4n) is 7.10. The second-order valence-corrected chi connectivity index (χ2v) is 10.6. The summed E-state index contributed by atoms with van der Waals surface area (Å²) in [5.41, 5.74) is 1.56. The van der Waals surface area contributed by atoms with E-state index in [-0.39, 0.29) is 30.0 Å². The molecule has 4 unspecified atom stereocenters. The van der Waals surface area contributed by atoms with Crippen molar-refractivity contribution in [2.45, 2.75) is 64.7 Å². The van der Waals surface area contributed by atoms with Gasteiger partial charge in [0.05, 0.1) is 11.1 Å². The molecule has 2 saturated heterocycles. The Balaban J connectivity index is 1.88. The van der Waals surface area contributed by atoms with Crippen LogP contribution in [-0.4, -0.2) is 54.1 Å². The van der Waals surface area contributed by atoms with Crippen molar-refractivity contribution in [1.29, 1.82) is 0 Å². The first-order chi connectivity index (χ1) is 16.3. The lowest BCUT2D eigenvalue weighted by Gasteiger charge is -2.60. The third-order valence-electron chi connectivity index (χ3n) is 8.48. The van der Waals surface area contributed by atoms with Crippen molar-refractivity contribution in [2.24, 2.45) is 11.8 Å². The zero-order valence-electron chi connectivity index (χ0n) is 21.7. The molecule has 0 aromatic heterocycles. The first-order valence-electron chi connectivity index (χ1n) is 13.0. The van der Waals surface area contributed by atoms with Crippen molar-refractivity contribution >= 4 is 6.03 Å². The Kier molecular flexibility index (Phi) is 7.07. The average molecular weight is 463 g/mol. The van der Waals surface area contributed by atoms with E-state index in [1.807, 2.05) is 0 Å². The Hall–Kier alpha value is -2.37. The number of urea groups is 1. The van der Waals surface area contributed by atoms with Crippen LogP contribution in [0.25, 0.3) is 0 Å². The molecular weight excluding hydrogens is 420 g/mol. The number of rotatable bonds is 4. The molecule has 0 bridgehead atoms. The average Bonchev–Trinajstić information content (AvgIpc) is 2.84. The fourth-order valence-corrected chi connectivity index (χ4v) is 7.10. The van der Waals surface area contributed by atoms with E-state index in [9.17, 15) is 4.79 Å². The minimum absolute atomic E-state index is 0.137. The van der Waals surface area contributed by atoms with Gasteiger partial charge < -0.3 is 20.4 Å². The third kappa shape index (κ3) is 3.64. The SMILES string of the molecule is CC(C)C1(c2ccccc2)C(C)NCCN1C(=O)N1CCNC(C)C1(c1ccccc1)C(C)C. The molecule has 2 fully saturated rings. The molecule has 2 N–H and O–H groups in total. The quantitative estimate of drug-likeness (QED) is 0.686. The molecule has 5 heteroatoms. The Bertz CT molecular complexity index is 885. The van der Waals surface area contributed by atoms with E-state index < -0.39 is 11.1 Å². The van der Waals surface area contributed by atoms with E-state index >= 15 is 0 Å². The first-order valence-corrected chi connectivity index (χ1v) is 13.0. The van der Waals surface area contributed by atoms with Gasteiger partial charge in [-0.3, -0.25) is 0 Å². The topological polar surface area (TPSA) is 47.6 Å². The summed E-state index contributed by atoms with van der Waals surface area (Å²) in [6.07, 6.45) is 0. The molecule has 34 heavy (non-hydrogen) atoms. The molecule has 5 nitrogen and oxygen atoms in total. The third-order valence-corrected chi connectivity index (χ3v) is 8.48. The Morgan fingerprint density at radius 3 is 1.41 bits per heavy atom. The lowest BCUT2D eigenvalue weighted by Crippen LogP contribution is -2.74. The van der Waals surface area contributed by atoms with Gasteiger partial charge in [0.1, 0.15) is 0 Å². The van der Waals surface area contributed by atoms with E-state index in [1.54, 1.807) is 0 Å². The van der Waals surface area contributed by atoms with Crippen LogP contribution >= 0.6 is 0 Å². The molecule has 4 rings (SSSR count). The molecule has 0 aliphatic carbocycles. The zero-order chi connectivity index (χ0) is 24.5. The van der Waals surface area contributed by atoms with Gasteiger partial charge in [0.25, 0.3) is 0 Å². The number of nitrogens with zero attached hydrogens (tertiary/aromatic N) is 2. The number of benzene rings is 2. The monoisotopic (exact) mass is 462 g/mol.